The maximum atomic E-state index is 11.5. The highest BCUT2D eigenvalue weighted by Gasteiger charge is 2.21. The van der Waals surface area contributed by atoms with Gasteiger partial charge in [0.05, 0.1) is 12.4 Å². The predicted molar refractivity (Wildman–Crippen MR) is 68.8 cm³/mol. The van der Waals surface area contributed by atoms with Gasteiger partial charge in [0.15, 0.2) is 0 Å². The molecule has 17 heavy (non-hydrogen) atoms. The number of aliphatic hydroxyl groups excluding tert-OH is 1. The highest BCUT2D eigenvalue weighted by molar-refractivity contribution is 8.00. The molecule has 0 spiro atoms. The summed E-state index contributed by atoms with van der Waals surface area (Å²) in [5.74, 6) is 1.26. The third kappa shape index (κ3) is 4.40. The number of hydrogen-bond donors (Lipinski definition) is 2. The first-order valence-corrected chi connectivity index (χ1v) is 6.86. The first kappa shape index (κ1) is 12.5. The average molecular weight is 251 g/mol. The van der Waals surface area contributed by atoms with Crippen LogP contribution in [0, 0.1) is 5.92 Å². The Bertz CT molecular complexity index is 391. The van der Waals surface area contributed by atoms with Crippen LogP contribution in [0.2, 0.25) is 0 Å². The second kappa shape index (κ2) is 6.07. The Morgan fingerprint density at radius 2 is 2.29 bits per heavy atom. The van der Waals surface area contributed by atoms with Gasteiger partial charge >= 0.3 is 0 Å². The van der Waals surface area contributed by atoms with Crippen molar-refractivity contribution in [2.24, 2.45) is 5.92 Å². The van der Waals surface area contributed by atoms with Gasteiger partial charge in [0.2, 0.25) is 5.91 Å². The molecular weight excluding hydrogens is 234 g/mol. The van der Waals surface area contributed by atoms with Crippen LogP contribution in [-0.4, -0.2) is 23.3 Å². The molecule has 1 aromatic rings. The van der Waals surface area contributed by atoms with Crippen LogP contribution in [0.25, 0.3) is 0 Å². The molecule has 1 saturated carbocycles. The fourth-order valence-corrected chi connectivity index (χ4v) is 2.32. The summed E-state index contributed by atoms with van der Waals surface area (Å²) >= 11 is 1.51. The van der Waals surface area contributed by atoms with E-state index in [1.165, 1.54) is 24.6 Å². The van der Waals surface area contributed by atoms with E-state index in [4.69, 9.17) is 5.11 Å². The molecule has 0 atom stereocenters. The first-order chi connectivity index (χ1) is 8.28. The quantitative estimate of drug-likeness (QED) is 0.758. The van der Waals surface area contributed by atoms with Gasteiger partial charge in [0.25, 0.3) is 0 Å². The van der Waals surface area contributed by atoms with Crippen LogP contribution in [0.4, 0.5) is 0 Å². The van der Waals surface area contributed by atoms with Gasteiger partial charge in [-0.2, -0.15) is 0 Å². The zero-order valence-corrected chi connectivity index (χ0v) is 10.5. The van der Waals surface area contributed by atoms with E-state index in [0.717, 1.165) is 22.9 Å². The van der Waals surface area contributed by atoms with Gasteiger partial charge in [-0.1, -0.05) is 12.1 Å². The Kier molecular flexibility index (Phi) is 4.45. The number of benzene rings is 1. The lowest BCUT2D eigenvalue weighted by Gasteiger charge is -2.05. The smallest absolute Gasteiger partial charge is 0.230 e. The van der Waals surface area contributed by atoms with Gasteiger partial charge in [-0.3, -0.25) is 4.79 Å². The Balaban J connectivity index is 1.73. The van der Waals surface area contributed by atoms with Gasteiger partial charge in [0, 0.05) is 11.4 Å². The molecule has 0 aliphatic heterocycles. The van der Waals surface area contributed by atoms with E-state index < -0.39 is 0 Å². The van der Waals surface area contributed by atoms with Crippen molar-refractivity contribution in [1.82, 2.24) is 5.32 Å². The second-order valence-corrected chi connectivity index (χ2v) is 5.39. The largest absolute Gasteiger partial charge is 0.392 e. The minimum atomic E-state index is 0.0439. The summed E-state index contributed by atoms with van der Waals surface area (Å²) in [6.45, 7) is 0.873. The highest BCUT2D eigenvalue weighted by Crippen LogP contribution is 2.27. The van der Waals surface area contributed by atoms with Gasteiger partial charge in [0.1, 0.15) is 0 Å². The molecule has 1 aliphatic rings. The van der Waals surface area contributed by atoms with E-state index in [2.05, 4.69) is 5.32 Å². The molecule has 1 aromatic carbocycles. The molecule has 92 valence electrons. The predicted octanol–water partition coefficient (Wildman–Crippen LogP) is 1.80. The lowest BCUT2D eigenvalue weighted by Crippen LogP contribution is -2.27. The molecule has 2 rings (SSSR count). The number of hydrogen-bond acceptors (Lipinski definition) is 3. The van der Waals surface area contributed by atoms with Crippen molar-refractivity contribution >= 4 is 17.7 Å². The molecular formula is C13H17NO2S. The van der Waals surface area contributed by atoms with Crippen molar-refractivity contribution in [3.05, 3.63) is 29.8 Å². The molecule has 0 radical (unpaired) electrons. The number of carbonyl (C=O) groups is 1. The lowest BCUT2D eigenvalue weighted by molar-refractivity contribution is -0.118. The normalized spacial score (nSPS) is 14.6. The molecule has 0 bridgehead atoms. The summed E-state index contributed by atoms with van der Waals surface area (Å²) in [7, 11) is 0. The first-order valence-electron chi connectivity index (χ1n) is 5.87. The fraction of sp³-hybridized carbons (Fsp3) is 0.462. The number of nitrogens with one attached hydrogen (secondary N) is 1. The van der Waals surface area contributed by atoms with Crippen LogP contribution in [0.5, 0.6) is 0 Å². The maximum Gasteiger partial charge on any atom is 0.230 e. The molecule has 4 heteroatoms. The summed E-state index contributed by atoms with van der Waals surface area (Å²) in [5, 5.41) is 11.9. The standard InChI is InChI=1S/C13H17NO2S/c15-8-11-2-1-3-12(6-11)17-9-13(16)14-7-10-4-5-10/h1-3,6,10,15H,4-5,7-9H2,(H,14,16). The van der Waals surface area contributed by atoms with Gasteiger partial charge < -0.3 is 10.4 Å². The topological polar surface area (TPSA) is 49.3 Å². The van der Waals surface area contributed by atoms with Crippen molar-refractivity contribution in [1.29, 1.82) is 0 Å². The van der Waals surface area contributed by atoms with Gasteiger partial charge in [-0.05, 0) is 36.5 Å². The molecule has 1 aliphatic carbocycles. The van der Waals surface area contributed by atoms with Crippen LogP contribution in [-0.2, 0) is 11.4 Å². The molecule has 2 N–H and O–H groups in total. The van der Waals surface area contributed by atoms with Crippen molar-refractivity contribution in [2.45, 2.75) is 24.3 Å². The summed E-state index contributed by atoms with van der Waals surface area (Å²) in [6, 6.07) is 7.64. The minimum Gasteiger partial charge on any atom is -0.392 e. The molecule has 0 heterocycles. The molecule has 0 saturated heterocycles. The van der Waals surface area contributed by atoms with E-state index in [9.17, 15) is 4.79 Å². The molecule has 1 fully saturated rings. The fourth-order valence-electron chi connectivity index (χ4n) is 1.51. The summed E-state index contributed by atoms with van der Waals surface area (Å²) in [4.78, 5) is 12.5. The SMILES string of the molecule is O=C(CSc1cccc(CO)c1)NCC1CC1. The number of carbonyl (C=O) groups excluding carboxylic acids is 1. The van der Waals surface area contributed by atoms with Crippen molar-refractivity contribution < 1.29 is 9.90 Å². The number of rotatable bonds is 6. The average Bonchev–Trinajstić information content (AvgIpc) is 3.18. The Morgan fingerprint density at radius 3 is 3.00 bits per heavy atom. The zero-order valence-electron chi connectivity index (χ0n) is 9.69. The maximum absolute atomic E-state index is 11.5. The Labute approximate surface area is 106 Å². The molecule has 0 unspecified atom stereocenters. The van der Waals surface area contributed by atoms with Crippen LogP contribution < -0.4 is 5.32 Å². The van der Waals surface area contributed by atoms with E-state index in [-0.39, 0.29) is 12.5 Å². The molecule has 3 nitrogen and oxygen atoms in total. The monoisotopic (exact) mass is 251 g/mol. The number of aliphatic hydroxyl groups is 1. The van der Waals surface area contributed by atoms with Gasteiger partial charge in [-0.15, -0.1) is 11.8 Å². The van der Waals surface area contributed by atoms with Crippen molar-refractivity contribution in [2.75, 3.05) is 12.3 Å². The van der Waals surface area contributed by atoms with E-state index >= 15 is 0 Å². The van der Waals surface area contributed by atoms with E-state index in [0.29, 0.717) is 5.75 Å². The summed E-state index contributed by atoms with van der Waals surface area (Å²) in [5.41, 5.74) is 0.883. The van der Waals surface area contributed by atoms with Gasteiger partial charge in [-0.25, -0.2) is 0 Å². The number of amides is 1. The molecule has 1 amide bonds. The van der Waals surface area contributed by atoms with Crippen LogP contribution in [0.3, 0.4) is 0 Å². The van der Waals surface area contributed by atoms with E-state index in [1.54, 1.807) is 0 Å². The summed E-state index contributed by atoms with van der Waals surface area (Å²) in [6.07, 6.45) is 2.51. The Morgan fingerprint density at radius 1 is 1.47 bits per heavy atom. The van der Waals surface area contributed by atoms with Crippen LogP contribution in [0.1, 0.15) is 18.4 Å². The number of thioether (sulfide) groups is 1. The minimum absolute atomic E-state index is 0.0439. The van der Waals surface area contributed by atoms with Crippen LogP contribution >= 0.6 is 11.8 Å². The Hall–Kier alpha value is -1.00. The van der Waals surface area contributed by atoms with Crippen molar-refractivity contribution in [3.8, 4) is 0 Å². The van der Waals surface area contributed by atoms with E-state index in [1.807, 2.05) is 24.3 Å². The summed E-state index contributed by atoms with van der Waals surface area (Å²) < 4.78 is 0. The van der Waals surface area contributed by atoms with Crippen LogP contribution in [0.15, 0.2) is 29.2 Å². The third-order valence-electron chi connectivity index (χ3n) is 2.74. The molecule has 0 aromatic heterocycles. The second-order valence-electron chi connectivity index (χ2n) is 4.34. The third-order valence-corrected chi connectivity index (χ3v) is 3.73. The zero-order chi connectivity index (χ0) is 12.1. The van der Waals surface area contributed by atoms with Crippen molar-refractivity contribution in [3.63, 3.8) is 0 Å². The lowest BCUT2D eigenvalue weighted by atomic mass is 10.2. The highest BCUT2D eigenvalue weighted by atomic mass is 32.2.